The molecule has 0 spiro atoms. The van der Waals surface area contributed by atoms with Crippen molar-refractivity contribution >= 4 is 11.9 Å². The van der Waals surface area contributed by atoms with Gasteiger partial charge in [-0.25, -0.2) is 0 Å². The Morgan fingerprint density at radius 2 is 0.859 bits per heavy atom. The van der Waals surface area contributed by atoms with Gasteiger partial charge in [0, 0.05) is 12.8 Å². The third kappa shape index (κ3) is 30.8. The van der Waals surface area contributed by atoms with Gasteiger partial charge in [-0.3, -0.25) is 9.59 Å². The Labute approximate surface area is 428 Å². The topological polar surface area (TPSA) is 231 Å². The first-order valence-electron chi connectivity index (χ1n) is 28.4. The second-order valence-electron chi connectivity index (χ2n) is 20.1. The number of aliphatic hydroxyl groups is 7. The van der Waals surface area contributed by atoms with E-state index in [9.17, 15) is 45.3 Å². The molecule has 15 heteroatoms. The zero-order chi connectivity index (χ0) is 51.7. The standard InChI is InChI=1S/C56H102O15/c1-3-5-7-9-11-13-15-17-19-20-21-22-23-24-25-27-28-30-32-34-36-38-47(58)66-41-44(69-48(59)39-37-35-33-31-29-26-18-16-14-12-10-8-6-4-2)42-67-55-54(65)52(63)50(61)46(71-55)43-68-56-53(64)51(62)49(60)45(40-57)70-56/h10,12,16,18,44-46,49-57,60-65H,3-9,11,13-15,17,19-43H2,1-2H3/b12-10-,18-16-. The number of aliphatic hydroxyl groups excluding tert-OH is 7. The van der Waals surface area contributed by atoms with Crippen LogP contribution >= 0.6 is 0 Å². The summed E-state index contributed by atoms with van der Waals surface area (Å²) in [5.74, 6) is -0.930. The van der Waals surface area contributed by atoms with Crippen LogP contribution in [0.3, 0.4) is 0 Å². The van der Waals surface area contributed by atoms with Gasteiger partial charge in [-0.1, -0.05) is 199 Å². The molecule has 0 aromatic carbocycles. The fourth-order valence-electron chi connectivity index (χ4n) is 9.00. The molecule has 2 aliphatic rings. The van der Waals surface area contributed by atoms with Crippen LogP contribution in [0.2, 0.25) is 0 Å². The highest BCUT2D eigenvalue weighted by Gasteiger charge is 2.47. The van der Waals surface area contributed by atoms with Gasteiger partial charge in [0.05, 0.1) is 19.8 Å². The van der Waals surface area contributed by atoms with Gasteiger partial charge in [-0.2, -0.15) is 0 Å². The van der Waals surface area contributed by atoms with Crippen LogP contribution in [0.4, 0.5) is 0 Å². The fourth-order valence-corrected chi connectivity index (χ4v) is 9.00. The summed E-state index contributed by atoms with van der Waals surface area (Å²) < 4.78 is 33.6. The van der Waals surface area contributed by atoms with E-state index in [1.165, 1.54) is 122 Å². The molecule has 416 valence electrons. The number of unbranched alkanes of at least 4 members (excludes halogenated alkanes) is 27. The highest BCUT2D eigenvalue weighted by Crippen LogP contribution is 2.27. The van der Waals surface area contributed by atoms with Crippen molar-refractivity contribution in [3.63, 3.8) is 0 Å². The molecule has 7 N–H and O–H groups in total. The number of carbonyl (C=O) groups excluding carboxylic acids is 2. The average Bonchev–Trinajstić information content (AvgIpc) is 3.36. The summed E-state index contributed by atoms with van der Waals surface area (Å²) in [6, 6.07) is 0. The first-order valence-corrected chi connectivity index (χ1v) is 28.4. The van der Waals surface area contributed by atoms with E-state index in [1.807, 2.05) is 0 Å². The van der Waals surface area contributed by atoms with Gasteiger partial charge in [0.1, 0.15) is 55.4 Å². The summed E-state index contributed by atoms with van der Waals surface area (Å²) in [5, 5.41) is 72.2. The predicted molar refractivity (Wildman–Crippen MR) is 275 cm³/mol. The molecular formula is C56H102O15. The second-order valence-corrected chi connectivity index (χ2v) is 20.1. The molecule has 11 atom stereocenters. The van der Waals surface area contributed by atoms with Gasteiger partial charge in [-0.05, 0) is 38.5 Å². The Hall–Kier alpha value is -2.02. The Morgan fingerprint density at radius 3 is 1.35 bits per heavy atom. The molecular weight excluding hydrogens is 913 g/mol. The van der Waals surface area contributed by atoms with Crippen molar-refractivity contribution in [3.8, 4) is 0 Å². The molecule has 0 aliphatic carbocycles. The number of ether oxygens (including phenoxy) is 6. The predicted octanol–water partition coefficient (Wildman–Crippen LogP) is 9.11. The number of hydrogen-bond donors (Lipinski definition) is 7. The number of carbonyl (C=O) groups is 2. The summed E-state index contributed by atoms with van der Waals surface area (Å²) in [6.45, 7) is 2.57. The third-order valence-electron chi connectivity index (χ3n) is 13.7. The molecule has 2 fully saturated rings. The lowest BCUT2D eigenvalue weighted by Gasteiger charge is -2.42. The fraction of sp³-hybridized carbons (Fsp3) is 0.893. The lowest BCUT2D eigenvalue weighted by Crippen LogP contribution is -2.61. The van der Waals surface area contributed by atoms with E-state index in [0.29, 0.717) is 12.8 Å². The van der Waals surface area contributed by atoms with Gasteiger partial charge in [0.2, 0.25) is 0 Å². The summed E-state index contributed by atoms with van der Waals surface area (Å²) in [6.07, 6.45) is 29.2. The van der Waals surface area contributed by atoms with Crippen LogP contribution in [0.15, 0.2) is 24.3 Å². The van der Waals surface area contributed by atoms with E-state index in [-0.39, 0.29) is 26.1 Å². The SMILES string of the molecule is CCCC/C=C\C/C=C\CCCCCCCC(=O)OC(COC(=O)CCCCCCCCCCCCCCCCCCCCCCC)COC1OC(COC2OC(CO)C(O)C(O)C2O)C(O)C(O)C1O. The number of esters is 2. The van der Waals surface area contributed by atoms with E-state index >= 15 is 0 Å². The van der Waals surface area contributed by atoms with Crippen LogP contribution in [0.25, 0.3) is 0 Å². The number of hydrogen-bond acceptors (Lipinski definition) is 15. The molecule has 2 saturated heterocycles. The molecule has 0 radical (unpaired) electrons. The highest BCUT2D eigenvalue weighted by molar-refractivity contribution is 5.70. The maximum atomic E-state index is 13.0. The van der Waals surface area contributed by atoms with Crippen molar-refractivity contribution in [3.05, 3.63) is 24.3 Å². The molecule has 2 rings (SSSR count). The van der Waals surface area contributed by atoms with Crippen LogP contribution < -0.4 is 0 Å². The van der Waals surface area contributed by atoms with Crippen molar-refractivity contribution in [1.29, 1.82) is 0 Å². The zero-order valence-electron chi connectivity index (χ0n) is 44.2. The van der Waals surface area contributed by atoms with Crippen LogP contribution in [-0.4, -0.2) is 142 Å². The molecule has 2 aliphatic heterocycles. The smallest absolute Gasteiger partial charge is 0.306 e. The molecule has 71 heavy (non-hydrogen) atoms. The lowest BCUT2D eigenvalue weighted by atomic mass is 9.98. The van der Waals surface area contributed by atoms with Crippen molar-refractivity contribution in [2.24, 2.45) is 0 Å². The minimum absolute atomic E-state index is 0.152. The molecule has 0 aromatic heterocycles. The molecule has 11 unspecified atom stereocenters. The van der Waals surface area contributed by atoms with Gasteiger partial charge < -0.3 is 64.2 Å². The van der Waals surface area contributed by atoms with Crippen molar-refractivity contribution in [2.45, 2.75) is 293 Å². The van der Waals surface area contributed by atoms with Gasteiger partial charge in [-0.15, -0.1) is 0 Å². The van der Waals surface area contributed by atoms with E-state index in [0.717, 1.165) is 64.2 Å². The van der Waals surface area contributed by atoms with Crippen molar-refractivity contribution in [1.82, 2.24) is 0 Å². The third-order valence-corrected chi connectivity index (χ3v) is 13.7. The van der Waals surface area contributed by atoms with Crippen LogP contribution in [0.1, 0.15) is 226 Å². The minimum atomic E-state index is -1.77. The normalized spacial score (nSPS) is 25.3. The van der Waals surface area contributed by atoms with E-state index in [4.69, 9.17) is 28.4 Å². The highest BCUT2D eigenvalue weighted by atomic mass is 16.7. The molecule has 0 bridgehead atoms. The van der Waals surface area contributed by atoms with Crippen LogP contribution in [0.5, 0.6) is 0 Å². The first kappa shape index (κ1) is 65.1. The van der Waals surface area contributed by atoms with Gasteiger partial charge >= 0.3 is 11.9 Å². The van der Waals surface area contributed by atoms with Gasteiger partial charge in [0.15, 0.2) is 18.7 Å². The van der Waals surface area contributed by atoms with Crippen molar-refractivity contribution in [2.75, 3.05) is 26.4 Å². The number of allylic oxidation sites excluding steroid dienone is 4. The molecule has 2 heterocycles. The lowest BCUT2D eigenvalue weighted by molar-refractivity contribution is -0.332. The number of rotatable bonds is 45. The summed E-state index contributed by atoms with van der Waals surface area (Å²) in [4.78, 5) is 25.8. The minimum Gasteiger partial charge on any atom is -0.462 e. The summed E-state index contributed by atoms with van der Waals surface area (Å²) in [5.41, 5.74) is 0. The monoisotopic (exact) mass is 1010 g/mol. The Bertz CT molecular complexity index is 1330. The van der Waals surface area contributed by atoms with Crippen LogP contribution in [-0.2, 0) is 38.0 Å². The largest absolute Gasteiger partial charge is 0.462 e. The maximum Gasteiger partial charge on any atom is 0.306 e. The molecule has 0 saturated carbocycles. The van der Waals surface area contributed by atoms with E-state index in [2.05, 4.69) is 38.2 Å². The second kappa shape index (κ2) is 43.2. The van der Waals surface area contributed by atoms with Crippen LogP contribution in [0, 0.1) is 0 Å². The summed E-state index contributed by atoms with van der Waals surface area (Å²) in [7, 11) is 0. The zero-order valence-corrected chi connectivity index (χ0v) is 44.2. The Kier molecular flexibility index (Phi) is 39.6. The summed E-state index contributed by atoms with van der Waals surface area (Å²) >= 11 is 0. The first-order chi connectivity index (χ1) is 34.5. The average molecular weight is 1020 g/mol. The molecule has 0 amide bonds. The Balaban J connectivity index is 1.74. The molecule has 0 aromatic rings. The maximum absolute atomic E-state index is 13.0. The quantitative estimate of drug-likeness (QED) is 0.0171. The van der Waals surface area contributed by atoms with E-state index < -0.39 is 92.7 Å². The van der Waals surface area contributed by atoms with Gasteiger partial charge in [0.25, 0.3) is 0 Å². The Morgan fingerprint density at radius 1 is 0.451 bits per heavy atom. The molecule has 15 nitrogen and oxygen atoms in total. The van der Waals surface area contributed by atoms with Crippen molar-refractivity contribution < 1.29 is 73.8 Å². The van der Waals surface area contributed by atoms with E-state index in [1.54, 1.807) is 0 Å².